The highest BCUT2D eigenvalue weighted by Gasteiger charge is 2.52. The van der Waals surface area contributed by atoms with E-state index in [4.69, 9.17) is 190 Å². The van der Waals surface area contributed by atoms with Gasteiger partial charge in [0.1, 0.15) is 116 Å². The number of aromatic nitrogens is 20. The topological polar surface area (TPSA) is 787 Å². The Morgan fingerprint density at radius 1 is 0.363 bits per heavy atom. The van der Waals surface area contributed by atoms with Gasteiger partial charge in [-0.2, -0.15) is 9.97 Å². The normalized spacial score (nSPS) is 29.5. The molecule has 0 spiro atoms. The number of hydrogen-bond acceptors (Lipinski definition) is 49. The fourth-order valence-electron chi connectivity index (χ4n) is 17.1. The maximum absolute atomic E-state index is 14.8. The molecule has 7 aliphatic rings. The zero-order chi connectivity index (χ0) is 105. The number of ether oxygens (including phenoxy) is 7. The average molecular weight is 2310 g/mol. The minimum absolute atomic E-state index is 0.00884. The second-order valence-electron chi connectivity index (χ2n) is 34.1. The zero-order valence-electron chi connectivity index (χ0n) is 76.6. The summed E-state index contributed by atoms with van der Waals surface area (Å²) in [5, 5.41) is 0. The van der Waals surface area contributed by atoms with E-state index in [1.54, 1.807) is 11.5 Å². The number of nitrogens with two attached hydrogens (primary N) is 4. The quantitative estimate of drug-likeness (QED) is 0.0191. The van der Waals surface area contributed by atoms with Crippen LogP contribution in [0.2, 0.25) is 0 Å². The molecule has 796 valence electrons. The highest BCUT2D eigenvalue weighted by atomic mass is 32.7. The van der Waals surface area contributed by atoms with Crippen LogP contribution in [0.3, 0.4) is 0 Å². The van der Waals surface area contributed by atoms with Crippen LogP contribution in [0.15, 0.2) is 94.8 Å². The van der Waals surface area contributed by atoms with Crippen molar-refractivity contribution in [3.05, 3.63) is 162 Å². The van der Waals surface area contributed by atoms with Gasteiger partial charge < -0.3 is 140 Å². The first-order valence-electron chi connectivity index (χ1n) is 43.8. The van der Waals surface area contributed by atoms with Crippen LogP contribution in [0, 0.1) is 27.7 Å². The first-order valence-corrected chi connectivity index (χ1v) is 62.1. The summed E-state index contributed by atoms with van der Waals surface area (Å²) in [6.45, 7) is -28.8. The number of hydrogen-bond donors (Lipinski definition) is 15. The summed E-state index contributed by atoms with van der Waals surface area (Å²) < 4.78 is 151. The Morgan fingerprint density at radius 3 is 0.993 bits per heavy atom. The third-order valence-electron chi connectivity index (χ3n) is 24.2. The second kappa shape index (κ2) is 44.2. The van der Waals surface area contributed by atoms with E-state index in [9.17, 15) is 72.3 Å². The van der Waals surface area contributed by atoms with Gasteiger partial charge >= 0.3 is 69.9 Å². The van der Waals surface area contributed by atoms with Crippen molar-refractivity contribution in [3.63, 3.8) is 0 Å². The first-order chi connectivity index (χ1) is 68.8. The van der Waals surface area contributed by atoms with Crippen LogP contribution in [-0.2, 0) is 172 Å². The summed E-state index contributed by atoms with van der Waals surface area (Å²) in [5.74, 6) is -0.269. The van der Waals surface area contributed by atoms with E-state index < -0.39 is 267 Å². The number of imidazole rings is 3. The Kier molecular flexibility index (Phi) is 33.4. The van der Waals surface area contributed by atoms with E-state index in [1.807, 2.05) is 6.92 Å². The van der Waals surface area contributed by atoms with Crippen LogP contribution >= 0.6 is 59.4 Å². The molecule has 10 aromatic heterocycles. The fraction of sp³-hybridized carbons (Fsp3) is 0.569. The lowest BCUT2D eigenvalue weighted by molar-refractivity contribution is -0.0571. The van der Waals surface area contributed by atoms with E-state index in [2.05, 4.69) is 77.0 Å². The van der Waals surface area contributed by atoms with Gasteiger partial charge in [-0.25, -0.2) is 58.6 Å². The molecule has 0 aliphatic carbocycles. The highest BCUT2D eigenvalue weighted by molar-refractivity contribution is 8.44. The van der Waals surface area contributed by atoms with Gasteiger partial charge in [0.2, 0.25) is 5.95 Å². The number of nitrogen functional groups attached to an aromatic ring is 4. The number of fused-ring (bicyclic) bond motifs is 3. The van der Waals surface area contributed by atoms with Crippen molar-refractivity contribution in [2.75, 3.05) is 69.7 Å². The number of anilines is 4. The van der Waals surface area contributed by atoms with E-state index in [-0.39, 0.29) is 101 Å². The third kappa shape index (κ3) is 25.4. The van der Waals surface area contributed by atoms with E-state index in [0.29, 0.717) is 23.1 Å². The smallest absolute Gasteiger partial charge is 0.383 e. The number of aryl methyl sites for hydroxylation is 4. The minimum Gasteiger partial charge on any atom is -0.383 e. The van der Waals surface area contributed by atoms with Crippen LogP contribution < -0.4 is 67.9 Å². The van der Waals surface area contributed by atoms with Crippen molar-refractivity contribution in [2.24, 2.45) is 0 Å². The molecule has 7 fully saturated rings. The number of aromatic amines is 4. The number of nitrogens with one attached hydrogen (secondary N) is 4. The molecule has 60 nitrogen and oxygen atoms in total. The van der Waals surface area contributed by atoms with Crippen molar-refractivity contribution in [1.82, 2.24) is 96.8 Å². The van der Waals surface area contributed by atoms with E-state index in [0.717, 1.165) is 31.7 Å². The molecule has 146 heavy (non-hydrogen) atoms. The summed E-state index contributed by atoms with van der Waals surface area (Å²) in [6.07, 6.45) is -16.8. The molecule has 18 N–H and O–H groups in total. The molecule has 10 aromatic rings. The van der Waals surface area contributed by atoms with Crippen molar-refractivity contribution < 1.29 is 130 Å². The fourth-order valence-corrected chi connectivity index (χ4v) is 26.9. The molecule has 7 saturated heterocycles. The van der Waals surface area contributed by atoms with Crippen molar-refractivity contribution in [2.45, 2.75) is 215 Å². The van der Waals surface area contributed by atoms with Gasteiger partial charge in [-0.3, -0.25) is 80.1 Å². The maximum atomic E-state index is 14.8. The summed E-state index contributed by atoms with van der Waals surface area (Å²) in [7, 11) is 1.11. The number of H-pyrrole nitrogens is 4. The molecule has 7 aliphatic heterocycles. The molecule has 17 heterocycles. The van der Waals surface area contributed by atoms with Gasteiger partial charge in [-0.15, -0.1) is 0 Å². The lowest BCUT2D eigenvalue weighted by Crippen LogP contribution is -2.33. The molecule has 0 saturated carbocycles. The van der Waals surface area contributed by atoms with Crippen molar-refractivity contribution in [3.8, 4) is 0 Å². The Morgan fingerprint density at radius 2 is 0.651 bits per heavy atom. The van der Waals surface area contributed by atoms with E-state index in [1.165, 1.54) is 80.0 Å². The van der Waals surface area contributed by atoms with Gasteiger partial charge in [-0.1, -0.05) is 19.2 Å². The van der Waals surface area contributed by atoms with Gasteiger partial charge in [0.25, 0.3) is 22.2 Å². The second-order valence-corrected chi connectivity index (χ2v) is 53.8. The predicted molar refractivity (Wildman–Crippen MR) is 530 cm³/mol. The maximum Gasteiger partial charge on any atom is 0.386 e. The van der Waals surface area contributed by atoms with Crippen LogP contribution in [0.4, 0.5) is 23.4 Å². The highest BCUT2D eigenvalue weighted by Crippen LogP contribution is 2.61. The molecule has 0 aromatic carbocycles. The van der Waals surface area contributed by atoms with Crippen LogP contribution in [0.25, 0.3) is 33.5 Å². The molecule has 0 amide bonds. The van der Waals surface area contributed by atoms with Crippen molar-refractivity contribution >= 4 is 187 Å². The lowest BCUT2D eigenvalue weighted by Gasteiger charge is -2.28. The average Bonchev–Trinajstić information content (AvgIpc) is 1.63. The zero-order valence-corrected chi connectivity index (χ0v) is 88.7. The molecule has 7 unspecified atom stereocenters. The molecule has 17 rings (SSSR count). The minimum atomic E-state index is -4.81. The van der Waals surface area contributed by atoms with Crippen LogP contribution in [0.5, 0.6) is 0 Å². The molecular weight excluding hydrogens is 2220 g/mol. The summed E-state index contributed by atoms with van der Waals surface area (Å²) in [4.78, 5) is 223. The van der Waals surface area contributed by atoms with E-state index >= 15 is 0 Å². The monoisotopic (exact) mass is 2310 g/mol. The lowest BCUT2D eigenvalue weighted by atomic mass is 10.1. The van der Waals surface area contributed by atoms with Crippen LogP contribution in [-0.4, -0.2) is 258 Å². The van der Waals surface area contributed by atoms with Gasteiger partial charge in [0.05, 0.1) is 101 Å². The summed E-state index contributed by atoms with van der Waals surface area (Å²) in [6, 6.07) is 0. The van der Waals surface area contributed by atoms with Crippen molar-refractivity contribution in [1.29, 1.82) is 0 Å². The summed E-state index contributed by atoms with van der Waals surface area (Å²) in [5.41, 5.74) is 19.0. The van der Waals surface area contributed by atoms with Crippen LogP contribution in [0.1, 0.15) is 124 Å². The summed E-state index contributed by atoms with van der Waals surface area (Å²) >= 11 is 37.7. The third-order valence-corrected chi connectivity index (χ3v) is 35.5. The molecule has 0 radical (unpaired) electrons. The Bertz CT molecular complexity index is 7530. The number of rotatable bonds is 41. The Hall–Kier alpha value is -7.03. The van der Waals surface area contributed by atoms with Gasteiger partial charge in [0, 0.05) is 99.1 Å². The molecule has 0 bridgehead atoms. The van der Waals surface area contributed by atoms with Gasteiger partial charge in [-0.05, 0) is 105 Å². The number of thiol groups is 1. The Balaban J connectivity index is 0.578. The largest absolute Gasteiger partial charge is 0.386 e. The number of nitrogens with zero attached hydrogens (tertiary/aromatic N) is 16. The van der Waals surface area contributed by atoms with Gasteiger partial charge in [0.15, 0.2) is 34.1 Å². The molecule has 74 heteroatoms. The Labute approximate surface area is 855 Å². The standard InChI is InChI=1S/C72H95N24O36P7S7/c1-7-34-35(8-52(119-34)94-27-81-55-59(74)77-25-79-61(55)94)127-134(106,141)113-20-44-38(10-49(121-44)91-16-31(3)64(97)87-70(91)102)130-137(109,144)116-22-45-40(12-51(122-45)93-18-33(5)66(99)89-72(93)104)131-136(108,143)115-21-43-37(9-48(120-43)90-15-30(2)58(73)84-69(90)101)128-138(110,145)118-24-47-41(14-53(124-47)95-28-82-56-60(75)78-26-80-62(56)95)132-139(111,146)117-23-46-39(11-50(123-46)92-17-32(4)65(98)88-71(92)103)129-135(107,142)114-19-42-36(126-133(105,140)112-6)13-54(125-42)96-29-83-57-63(96)85-68(76)86-67(57)100/h15-18,25-29,34-54H,7-14,19-24H2,1-6H3,(H,105,140)(H,106,141)(H,107,142)(H,108,143)(H,109,144)(H,110,145)(H,111,146)(H2,73,84,101)(H2,74,77,79)(H2,75,78,80)(H,87,97,102)(H,88,98,103)(H,89,99,104)(H3,76,85,86,100)/t34-,35-,36-,37-,38-,39-,40-,41-,42-,43-,44-,45-,46-,47-,48-,49-,50-,51-,52-,53-,54-,133?,134?,135?,136?,137?,138?,139?/m1/s1. The first kappa shape index (κ1) is 110. The predicted octanol–water partition coefficient (Wildman–Crippen LogP) is 1.47. The molecular formula is C72H95N24O36P7S7. The SMILES string of the molecule is CC[C@H]1O[C@@H](n2cnc3c(N)ncnc32)C[C@H]1OP(O)(=S)OC[C@H]1O[C@@H](n2cc(C)c(=O)[nH]c2=O)C[C@H]1OP(=O)(S)OC[C@H]1O[C@@H](n2cc(C)c(=O)[nH]c2=O)C[C@H]1OP(O)(=S)OC[C@H]1O[C@@H](n2cc(C)c(N)nc2=O)C[C@H]1OP(O)(=S)OC[C@H]1O[C@@H](n2cnc3c(N)ncnc32)C[C@H]1OP(O)(=S)OC[C@H]1O[C@@H](n2cc(C)c(=O)[nH]c2=O)C[C@H]1OP(O)(=S)OC[C@H]1O[C@@H](n2cnc3c(=O)[nH]c(N)nc32)C[C@H]1OP(O)(=S)OC. The molecule has 28 atom stereocenters.